The molecule has 1 aromatic carbocycles. The molecule has 0 saturated carbocycles. The number of nitrogens with zero attached hydrogens (tertiary/aromatic N) is 1. The topological polar surface area (TPSA) is 94.3 Å². The van der Waals surface area contributed by atoms with Crippen molar-refractivity contribution in [2.75, 3.05) is 17.6 Å². The number of aromatic nitrogens is 1. The Labute approximate surface area is 144 Å². The lowest BCUT2D eigenvalue weighted by Crippen LogP contribution is -2.30. The number of hydrogen-bond acceptors (Lipinski definition) is 5. The van der Waals surface area contributed by atoms with E-state index in [2.05, 4.69) is 20.9 Å². The predicted octanol–water partition coefficient (Wildman–Crippen LogP) is 3.36. The van der Waals surface area contributed by atoms with Gasteiger partial charge in [0.2, 0.25) is 0 Å². The lowest BCUT2D eigenvalue weighted by Gasteiger charge is -2.15. The summed E-state index contributed by atoms with van der Waals surface area (Å²) in [4.78, 5) is 3.92. The number of hydrogen-bond donors (Lipinski definition) is 2. The summed E-state index contributed by atoms with van der Waals surface area (Å²) in [7, 11) is -4.38. The quantitative estimate of drug-likeness (QED) is 0.782. The molecule has 0 spiro atoms. The van der Waals surface area contributed by atoms with Gasteiger partial charge in [0.25, 0.3) is 0 Å². The van der Waals surface area contributed by atoms with E-state index in [1.165, 1.54) is 36.2 Å². The summed E-state index contributed by atoms with van der Waals surface area (Å²) in [6, 6.07) is 5.63. The minimum atomic E-state index is -5.59. The van der Waals surface area contributed by atoms with Crippen LogP contribution in [0.25, 0.3) is 11.1 Å². The maximum Gasteiger partial charge on any atom is 0.516 e. The fourth-order valence-corrected chi connectivity index (χ4v) is 2.74. The number of anilines is 2. The first-order chi connectivity index (χ1) is 11.0. The molecule has 0 amide bonds. The van der Waals surface area contributed by atoms with Crippen LogP contribution in [0.2, 0.25) is 0 Å². The summed E-state index contributed by atoms with van der Waals surface area (Å²) in [5.74, 6) is 0.0566. The average Bonchev–Trinajstić information content (AvgIpc) is 2.48. The fourth-order valence-electron chi connectivity index (χ4n) is 1.84. The van der Waals surface area contributed by atoms with Crippen molar-refractivity contribution >= 4 is 37.5 Å². The van der Waals surface area contributed by atoms with Gasteiger partial charge in [0.05, 0.1) is 12.8 Å². The molecule has 1 heterocycles. The molecule has 0 aliphatic carbocycles. The summed E-state index contributed by atoms with van der Waals surface area (Å²) < 4.78 is 67.3. The maximum absolute atomic E-state index is 12.6. The van der Waals surface area contributed by atoms with Gasteiger partial charge in [0.15, 0.2) is 0 Å². The van der Waals surface area contributed by atoms with Crippen LogP contribution in [0.4, 0.5) is 24.7 Å². The van der Waals surface area contributed by atoms with Crippen LogP contribution in [0.15, 0.2) is 34.9 Å². The first-order valence-corrected chi connectivity index (χ1v) is 8.51. The van der Waals surface area contributed by atoms with Crippen molar-refractivity contribution in [2.24, 2.45) is 0 Å². The van der Waals surface area contributed by atoms with Gasteiger partial charge in [-0.25, -0.2) is 4.98 Å². The standard InChI is InChI=1S/C13H11BrF3N3O3S/c1-23-11-3-2-7(9-5-8(14)6-19-12(9)18)4-10(11)20-24(21,22)13(15,16)17/h2-6,20H,1H3,(H2,18,19). The number of rotatable bonds is 4. The molecule has 24 heavy (non-hydrogen) atoms. The number of methoxy groups -OCH3 is 1. The van der Waals surface area contributed by atoms with Crippen LogP contribution in [0.3, 0.4) is 0 Å². The Bertz CT molecular complexity index is 872. The fraction of sp³-hybridized carbons (Fsp3) is 0.154. The maximum atomic E-state index is 12.6. The van der Waals surface area contributed by atoms with Crippen LogP contribution in [-0.2, 0) is 10.0 Å². The van der Waals surface area contributed by atoms with Gasteiger partial charge in [-0.3, -0.25) is 4.72 Å². The SMILES string of the molecule is COc1ccc(-c2cc(Br)cnc2N)cc1NS(=O)(=O)C(F)(F)F. The van der Waals surface area contributed by atoms with E-state index in [1.54, 1.807) is 6.07 Å². The number of halogens is 4. The minimum Gasteiger partial charge on any atom is -0.495 e. The van der Waals surface area contributed by atoms with Crippen molar-refractivity contribution in [2.45, 2.75) is 5.51 Å². The highest BCUT2D eigenvalue weighted by molar-refractivity contribution is 9.10. The number of nitrogens with two attached hydrogens (primary N) is 1. The summed E-state index contributed by atoms with van der Waals surface area (Å²) in [5.41, 5.74) is 0.713. The van der Waals surface area contributed by atoms with E-state index in [9.17, 15) is 21.6 Å². The average molecular weight is 426 g/mol. The molecule has 0 aliphatic rings. The molecule has 0 bridgehead atoms. The van der Waals surface area contributed by atoms with E-state index in [0.717, 1.165) is 0 Å². The van der Waals surface area contributed by atoms with Crippen LogP contribution in [-0.4, -0.2) is 26.0 Å². The molecule has 130 valence electrons. The highest BCUT2D eigenvalue weighted by Gasteiger charge is 2.46. The van der Waals surface area contributed by atoms with E-state index >= 15 is 0 Å². The predicted molar refractivity (Wildman–Crippen MR) is 86.9 cm³/mol. The number of sulfonamides is 1. The van der Waals surface area contributed by atoms with Crippen LogP contribution in [0.5, 0.6) is 5.75 Å². The lowest BCUT2D eigenvalue weighted by molar-refractivity contribution is -0.0429. The zero-order valence-electron chi connectivity index (χ0n) is 12.1. The van der Waals surface area contributed by atoms with Crippen LogP contribution in [0, 0.1) is 0 Å². The zero-order chi connectivity index (χ0) is 18.1. The van der Waals surface area contributed by atoms with Gasteiger partial charge < -0.3 is 10.5 Å². The van der Waals surface area contributed by atoms with Crippen molar-refractivity contribution in [1.29, 1.82) is 0 Å². The molecule has 1 aromatic heterocycles. The molecule has 0 fully saturated rings. The van der Waals surface area contributed by atoms with Crippen LogP contribution in [0.1, 0.15) is 0 Å². The summed E-state index contributed by atoms with van der Waals surface area (Å²) >= 11 is 3.21. The third kappa shape index (κ3) is 3.73. The highest BCUT2D eigenvalue weighted by Crippen LogP contribution is 2.36. The van der Waals surface area contributed by atoms with Crippen molar-refractivity contribution in [3.63, 3.8) is 0 Å². The number of alkyl halides is 3. The number of nitrogen functional groups attached to an aromatic ring is 1. The van der Waals surface area contributed by atoms with E-state index < -0.39 is 15.5 Å². The number of pyridine rings is 1. The summed E-state index contributed by atoms with van der Waals surface area (Å²) in [6.45, 7) is 0. The molecule has 0 radical (unpaired) electrons. The van der Waals surface area contributed by atoms with Crippen LogP contribution < -0.4 is 15.2 Å². The normalized spacial score (nSPS) is 12.0. The Morgan fingerprint density at radius 3 is 2.54 bits per heavy atom. The van der Waals surface area contributed by atoms with Crippen molar-refractivity contribution < 1.29 is 26.3 Å². The smallest absolute Gasteiger partial charge is 0.495 e. The molecule has 0 atom stereocenters. The Balaban J connectivity index is 2.55. The Morgan fingerprint density at radius 2 is 1.96 bits per heavy atom. The molecule has 2 rings (SSSR count). The monoisotopic (exact) mass is 425 g/mol. The second kappa shape index (κ2) is 6.48. The van der Waals surface area contributed by atoms with E-state index in [1.807, 2.05) is 0 Å². The van der Waals surface area contributed by atoms with Gasteiger partial charge in [0.1, 0.15) is 11.6 Å². The number of nitrogens with one attached hydrogen (secondary N) is 1. The lowest BCUT2D eigenvalue weighted by atomic mass is 10.1. The Hall–Kier alpha value is -2.01. The van der Waals surface area contributed by atoms with Gasteiger partial charge >= 0.3 is 15.5 Å². The van der Waals surface area contributed by atoms with Gasteiger partial charge in [-0.15, -0.1) is 0 Å². The second-order valence-electron chi connectivity index (χ2n) is 4.55. The van der Waals surface area contributed by atoms with Crippen molar-refractivity contribution in [3.8, 4) is 16.9 Å². The third-order valence-electron chi connectivity index (χ3n) is 2.94. The first kappa shape index (κ1) is 18.3. The van der Waals surface area contributed by atoms with E-state index in [0.29, 0.717) is 15.6 Å². The molecule has 0 unspecified atom stereocenters. The summed E-state index contributed by atoms with van der Waals surface area (Å²) in [5, 5.41) is 0. The van der Waals surface area contributed by atoms with Gasteiger partial charge in [0, 0.05) is 16.2 Å². The number of benzene rings is 1. The molecule has 11 heteroatoms. The van der Waals surface area contributed by atoms with Gasteiger partial charge in [-0.2, -0.15) is 21.6 Å². The van der Waals surface area contributed by atoms with Crippen molar-refractivity contribution in [1.82, 2.24) is 4.98 Å². The molecule has 6 nitrogen and oxygen atoms in total. The minimum absolute atomic E-state index is 0.0758. The molecule has 0 saturated heterocycles. The van der Waals surface area contributed by atoms with Crippen molar-refractivity contribution in [3.05, 3.63) is 34.9 Å². The highest BCUT2D eigenvalue weighted by atomic mass is 79.9. The zero-order valence-corrected chi connectivity index (χ0v) is 14.5. The Kier molecular flexibility index (Phi) is 4.95. The molecular formula is C13H11BrF3N3O3S. The molecular weight excluding hydrogens is 415 g/mol. The molecule has 2 aromatic rings. The first-order valence-electron chi connectivity index (χ1n) is 6.23. The molecule has 3 N–H and O–H groups in total. The second-order valence-corrected chi connectivity index (χ2v) is 7.14. The van der Waals surface area contributed by atoms with Crippen LogP contribution >= 0.6 is 15.9 Å². The van der Waals surface area contributed by atoms with E-state index in [-0.39, 0.29) is 17.3 Å². The van der Waals surface area contributed by atoms with Gasteiger partial charge in [-0.1, -0.05) is 6.07 Å². The van der Waals surface area contributed by atoms with E-state index in [4.69, 9.17) is 10.5 Å². The largest absolute Gasteiger partial charge is 0.516 e. The molecule has 0 aliphatic heterocycles. The summed E-state index contributed by atoms with van der Waals surface area (Å²) in [6.07, 6.45) is 1.45. The third-order valence-corrected chi connectivity index (χ3v) is 4.48. The van der Waals surface area contributed by atoms with Gasteiger partial charge in [-0.05, 0) is 39.7 Å². The Morgan fingerprint density at radius 1 is 1.29 bits per heavy atom. The number of ether oxygens (including phenoxy) is 1.